The molecule has 9 nitrogen and oxygen atoms in total. The molecule has 0 bridgehead atoms. The minimum absolute atomic E-state index is 0.0346. The Labute approximate surface area is 198 Å². The molecule has 2 aromatic rings. The number of methoxy groups -OCH3 is 3. The van der Waals surface area contributed by atoms with Crippen molar-refractivity contribution in [2.45, 2.75) is 24.3 Å². The van der Waals surface area contributed by atoms with Crippen LogP contribution in [-0.4, -0.2) is 70.5 Å². The monoisotopic (exact) mass is 494 g/mol. The number of halogens is 1. The van der Waals surface area contributed by atoms with E-state index < -0.39 is 39.2 Å². The summed E-state index contributed by atoms with van der Waals surface area (Å²) in [5.41, 5.74) is 0.526. The molecule has 0 saturated carbocycles. The lowest BCUT2D eigenvalue weighted by atomic mass is 10.1. The number of benzene rings is 2. The van der Waals surface area contributed by atoms with Gasteiger partial charge >= 0.3 is 5.97 Å². The molecule has 0 unspecified atom stereocenters. The van der Waals surface area contributed by atoms with E-state index in [1.54, 1.807) is 18.2 Å². The molecule has 1 fully saturated rings. The summed E-state index contributed by atoms with van der Waals surface area (Å²) in [7, 11) is 0.0657. The zero-order chi connectivity index (χ0) is 24.9. The van der Waals surface area contributed by atoms with Gasteiger partial charge in [0.15, 0.2) is 0 Å². The van der Waals surface area contributed by atoms with Gasteiger partial charge in [-0.3, -0.25) is 9.59 Å². The van der Waals surface area contributed by atoms with Crippen LogP contribution in [0, 0.1) is 5.82 Å². The third-order valence-corrected chi connectivity index (χ3v) is 7.39. The fourth-order valence-electron chi connectivity index (χ4n) is 3.68. The van der Waals surface area contributed by atoms with Gasteiger partial charge in [0.1, 0.15) is 28.8 Å². The number of esters is 1. The Bertz CT molecular complexity index is 1140. The third-order valence-electron chi connectivity index (χ3n) is 5.48. The van der Waals surface area contributed by atoms with Crippen LogP contribution in [0.3, 0.4) is 0 Å². The Morgan fingerprint density at radius 3 is 2.18 bits per heavy atom. The number of nitrogens with zero attached hydrogens (tertiary/aromatic N) is 2. The fourth-order valence-corrected chi connectivity index (χ4v) is 5.29. The SMILES string of the molecule is COC(=O)CN(Cc1cc(OC)cc(OC)c1)C(=O)c1ccc(F)c(S(=O)(=O)N2CCCC2)c1. The van der Waals surface area contributed by atoms with Gasteiger partial charge in [-0.15, -0.1) is 0 Å². The molecule has 3 rings (SSSR count). The van der Waals surface area contributed by atoms with Crippen molar-refractivity contribution in [3.8, 4) is 11.5 Å². The van der Waals surface area contributed by atoms with E-state index >= 15 is 0 Å². The molecule has 1 amide bonds. The first-order valence-electron chi connectivity index (χ1n) is 10.6. The number of rotatable bonds is 9. The van der Waals surface area contributed by atoms with E-state index in [2.05, 4.69) is 0 Å². The average Bonchev–Trinajstić information content (AvgIpc) is 3.39. The summed E-state index contributed by atoms with van der Waals surface area (Å²) in [5.74, 6) is -1.30. The molecule has 0 N–H and O–H groups in total. The van der Waals surface area contributed by atoms with Crippen LogP contribution in [0.2, 0.25) is 0 Å². The van der Waals surface area contributed by atoms with Crippen molar-refractivity contribution in [2.75, 3.05) is 41.0 Å². The summed E-state index contributed by atoms with van der Waals surface area (Å²) in [6, 6.07) is 8.16. The molecule has 34 heavy (non-hydrogen) atoms. The molecule has 1 heterocycles. The summed E-state index contributed by atoms with van der Waals surface area (Å²) < 4.78 is 56.8. The predicted molar refractivity (Wildman–Crippen MR) is 121 cm³/mol. The molecule has 2 aromatic carbocycles. The van der Waals surface area contributed by atoms with Crippen molar-refractivity contribution >= 4 is 21.9 Å². The zero-order valence-corrected chi connectivity index (χ0v) is 20.1. The molecular weight excluding hydrogens is 467 g/mol. The highest BCUT2D eigenvalue weighted by molar-refractivity contribution is 7.89. The van der Waals surface area contributed by atoms with Crippen LogP contribution < -0.4 is 9.47 Å². The van der Waals surface area contributed by atoms with Crippen LogP contribution in [-0.2, 0) is 26.1 Å². The van der Waals surface area contributed by atoms with E-state index in [0.29, 0.717) is 43.0 Å². The van der Waals surface area contributed by atoms with Crippen LogP contribution in [0.15, 0.2) is 41.3 Å². The highest BCUT2D eigenvalue weighted by Gasteiger charge is 2.31. The van der Waals surface area contributed by atoms with Crippen LogP contribution >= 0.6 is 0 Å². The maximum atomic E-state index is 14.5. The van der Waals surface area contributed by atoms with E-state index in [4.69, 9.17) is 14.2 Å². The number of ether oxygens (including phenoxy) is 3. The minimum atomic E-state index is -4.09. The average molecular weight is 495 g/mol. The predicted octanol–water partition coefficient (Wildman–Crippen LogP) is 2.44. The highest BCUT2D eigenvalue weighted by atomic mass is 32.2. The van der Waals surface area contributed by atoms with Crippen LogP contribution in [0.1, 0.15) is 28.8 Å². The smallest absolute Gasteiger partial charge is 0.325 e. The Balaban J connectivity index is 1.96. The molecule has 0 radical (unpaired) electrons. The van der Waals surface area contributed by atoms with Crippen molar-refractivity contribution in [3.63, 3.8) is 0 Å². The molecule has 0 aliphatic carbocycles. The molecule has 1 saturated heterocycles. The van der Waals surface area contributed by atoms with Gasteiger partial charge in [-0.2, -0.15) is 4.31 Å². The number of sulfonamides is 1. The Morgan fingerprint density at radius 1 is 1.00 bits per heavy atom. The number of carbonyl (C=O) groups excluding carboxylic acids is 2. The van der Waals surface area contributed by atoms with Gasteiger partial charge in [-0.1, -0.05) is 0 Å². The number of hydrogen-bond acceptors (Lipinski definition) is 7. The maximum Gasteiger partial charge on any atom is 0.325 e. The lowest BCUT2D eigenvalue weighted by molar-refractivity contribution is -0.141. The van der Waals surface area contributed by atoms with E-state index in [0.717, 1.165) is 12.1 Å². The molecule has 11 heteroatoms. The Hall–Kier alpha value is -3.18. The van der Waals surface area contributed by atoms with Crippen molar-refractivity contribution in [3.05, 3.63) is 53.3 Å². The second-order valence-corrected chi connectivity index (χ2v) is 9.62. The first kappa shape index (κ1) is 25.4. The van der Waals surface area contributed by atoms with Gasteiger partial charge in [-0.25, -0.2) is 12.8 Å². The third kappa shape index (κ3) is 5.65. The van der Waals surface area contributed by atoms with E-state index in [9.17, 15) is 22.4 Å². The minimum Gasteiger partial charge on any atom is -0.497 e. The van der Waals surface area contributed by atoms with E-state index in [-0.39, 0.29) is 12.1 Å². The van der Waals surface area contributed by atoms with Crippen molar-refractivity contribution in [1.29, 1.82) is 0 Å². The summed E-state index contributed by atoms with van der Waals surface area (Å²) in [4.78, 5) is 26.0. The summed E-state index contributed by atoms with van der Waals surface area (Å²) in [5, 5.41) is 0. The lowest BCUT2D eigenvalue weighted by Crippen LogP contribution is -2.36. The van der Waals surface area contributed by atoms with Crippen LogP contribution in [0.5, 0.6) is 11.5 Å². The van der Waals surface area contributed by atoms with Gasteiger partial charge in [0.05, 0.1) is 21.3 Å². The number of carbonyl (C=O) groups is 2. The Morgan fingerprint density at radius 2 is 1.62 bits per heavy atom. The van der Waals surface area contributed by atoms with Crippen LogP contribution in [0.25, 0.3) is 0 Å². The molecule has 0 aromatic heterocycles. The summed E-state index contributed by atoms with van der Waals surface area (Å²) >= 11 is 0. The van der Waals surface area contributed by atoms with Gasteiger partial charge in [0.2, 0.25) is 10.0 Å². The van der Waals surface area contributed by atoms with Gasteiger partial charge in [0, 0.05) is 31.3 Å². The molecule has 184 valence electrons. The normalized spacial score (nSPS) is 14.0. The first-order chi connectivity index (χ1) is 16.2. The summed E-state index contributed by atoms with van der Waals surface area (Å²) in [6.45, 7) is 0.158. The van der Waals surface area contributed by atoms with Crippen molar-refractivity contribution in [2.24, 2.45) is 0 Å². The van der Waals surface area contributed by atoms with Gasteiger partial charge in [0.25, 0.3) is 5.91 Å². The molecule has 1 aliphatic rings. The lowest BCUT2D eigenvalue weighted by Gasteiger charge is -2.23. The topological polar surface area (TPSA) is 102 Å². The molecule has 1 aliphatic heterocycles. The van der Waals surface area contributed by atoms with Crippen molar-refractivity contribution in [1.82, 2.24) is 9.21 Å². The van der Waals surface area contributed by atoms with Gasteiger partial charge in [-0.05, 0) is 48.7 Å². The van der Waals surface area contributed by atoms with Crippen molar-refractivity contribution < 1.29 is 36.6 Å². The second-order valence-electron chi connectivity index (χ2n) is 7.71. The second kappa shape index (κ2) is 10.8. The van der Waals surface area contributed by atoms with Gasteiger partial charge < -0.3 is 19.1 Å². The maximum absolute atomic E-state index is 14.5. The van der Waals surface area contributed by atoms with Crippen LogP contribution in [0.4, 0.5) is 4.39 Å². The zero-order valence-electron chi connectivity index (χ0n) is 19.2. The Kier molecular flexibility index (Phi) is 8.11. The van der Waals surface area contributed by atoms with E-state index in [1.165, 1.54) is 36.6 Å². The molecule has 0 atom stereocenters. The highest BCUT2D eigenvalue weighted by Crippen LogP contribution is 2.26. The standard InChI is InChI=1S/C23H27FN2O7S/c1-31-18-10-16(11-19(13-18)32-2)14-25(15-22(27)33-3)23(28)17-6-7-20(24)21(12-17)34(29,30)26-8-4-5-9-26/h6-7,10-13H,4-5,8-9,14-15H2,1-3H3. The number of hydrogen-bond donors (Lipinski definition) is 0. The summed E-state index contributed by atoms with van der Waals surface area (Å²) in [6.07, 6.45) is 1.38. The molecule has 0 spiro atoms. The quantitative estimate of drug-likeness (QED) is 0.494. The largest absolute Gasteiger partial charge is 0.497 e. The number of amides is 1. The molecular formula is C23H27FN2O7S. The fraction of sp³-hybridized carbons (Fsp3) is 0.391. The first-order valence-corrected chi connectivity index (χ1v) is 12.0. The van der Waals surface area contributed by atoms with E-state index in [1.807, 2.05) is 0 Å².